The number of aryl methyl sites for hydroxylation is 2. The molecule has 1 fully saturated rings. The summed E-state index contributed by atoms with van der Waals surface area (Å²) in [5.74, 6) is -0.344. The maximum absolute atomic E-state index is 14.0. The van der Waals surface area contributed by atoms with Crippen molar-refractivity contribution in [3.8, 4) is 0 Å². The fourth-order valence-corrected chi connectivity index (χ4v) is 4.34. The largest absolute Gasteiger partial charge is 0.366 e. The Balaban J connectivity index is 1.31. The number of anilines is 2. The van der Waals surface area contributed by atoms with E-state index in [1.54, 1.807) is 44.4 Å². The normalized spacial score (nSPS) is 14.0. The number of hydrogen-bond donors (Lipinski definition) is 1. The van der Waals surface area contributed by atoms with Crippen LogP contribution in [0.4, 0.5) is 15.9 Å². The highest BCUT2D eigenvalue weighted by molar-refractivity contribution is 5.93. The second-order valence-corrected chi connectivity index (χ2v) is 8.18. The smallest absolute Gasteiger partial charge is 0.330 e. The molecule has 10 heteroatoms. The molecule has 0 atom stereocenters. The van der Waals surface area contributed by atoms with E-state index in [1.807, 2.05) is 18.7 Å². The van der Waals surface area contributed by atoms with Crippen LogP contribution in [0.5, 0.6) is 0 Å². The molecule has 0 radical (unpaired) electrons. The second kappa shape index (κ2) is 10.1. The Bertz CT molecular complexity index is 1260. The van der Waals surface area contributed by atoms with E-state index >= 15 is 0 Å². The number of pyridine rings is 1. The molecule has 1 N–H and O–H groups in total. The number of nitrogens with zero attached hydrogens (tertiary/aromatic N) is 5. The minimum absolute atomic E-state index is 0.0304. The van der Waals surface area contributed by atoms with Gasteiger partial charge in [0.25, 0.3) is 0 Å². The minimum atomic E-state index is -0.314. The molecule has 2 amide bonds. The lowest BCUT2D eigenvalue weighted by Crippen LogP contribution is -2.49. The summed E-state index contributed by atoms with van der Waals surface area (Å²) in [6.07, 6.45) is 0.113. The van der Waals surface area contributed by atoms with Crippen LogP contribution in [0.1, 0.15) is 26.7 Å². The molecule has 3 aromatic rings. The van der Waals surface area contributed by atoms with E-state index < -0.39 is 0 Å². The Labute approximate surface area is 196 Å². The summed E-state index contributed by atoms with van der Waals surface area (Å²) in [5, 5.41) is 2.73. The van der Waals surface area contributed by atoms with Gasteiger partial charge >= 0.3 is 5.69 Å². The number of rotatable bonds is 7. The number of nitrogens with one attached hydrogen (secondary N) is 1. The number of piperazine rings is 1. The van der Waals surface area contributed by atoms with E-state index in [2.05, 4.69) is 10.3 Å². The summed E-state index contributed by atoms with van der Waals surface area (Å²) in [6, 6.07) is 10.0. The maximum atomic E-state index is 14.0. The number of carbonyl (C=O) groups excluding carboxylic acids is 2. The maximum Gasteiger partial charge on any atom is 0.330 e. The molecule has 2 aromatic heterocycles. The molecule has 0 bridgehead atoms. The van der Waals surface area contributed by atoms with Crippen molar-refractivity contribution in [3.63, 3.8) is 0 Å². The molecule has 3 heterocycles. The lowest BCUT2D eigenvalue weighted by Gasteiger charge is -2.36. The first kappa shape index (κ1) is 23.5. The summed E-state index contributed by atoms with van der Waals surface area (Å²) < 4.78 is 17.2. The van der Waals surface area contributed by atoms with Gasteiger partial charge in [0.2, 0.25) is 11.8 Å². The molecule has 180 valence electrons. The Morgan fingerprint density at radius 3 is 2.35 bits per heavy atom. The summed E-state index contributed by atoms with van der Waals surface area (Å²) in [6.45, 7) is 6.82. The van der Waals surface area contributed by atoms with Crippen molar-refractivity contribution in [2.75, 3.05) is 36.4 Å². The van der Waals surface area contributed by atoms with E-state index in [9.17, 15) is 18.8 Å². The highest BCUT2D eigenvalue weighted by Crippen LogP contribution is 2.20. The van der Waals surface area contributed by atoms with E-state index in [-0.39, 0.29) is 36.2 Å². The fraction of sp³-hybridized carbons (Fsp3) is 0.417. The molecule has 9 nitrogen and oxygen atoms in total. The van der Waals surface area contributed by atoms with Crippen LogP contribution in [0.25, 0.3) is 11.2 Å². The lowest BCUT2D eigenvalue weighted by atomic mass is 10.2. The van der Waals surface area contributed by atoms with E-state index in [0.717, 1.165) is 5.52 Å². The summed E-state index contributed by atoms with van der Waals surface area (Å²) in [4.78, 5) is 45.6. The standard InChI is InChI=1S/C24H29FN6O3/c1-3-30-19-9-10-20(27-23(19)31(4-2)24(30)34)26-21(32)11-12-22(33)29-15-13-28(14-16-29)18-8-6-5-7-17(18)25/h5-10H,3-4,11-16H2,1-2H3,(H,26,27,32). The number of hydrogen-bond acceptors (Lipinski definition) is 5. The van der Waals surface area contributed by atoms with Crippen molar-refractivity contribution >= 4 is 34.5 Å². The number of amides is 2. The molecule has 1 aliphatic rings. The molecule has 4 rings (SSSR count). The number of imidazole rings is 1. The minimum Gasteiger partial charge on any atom is -0.366 e. The zero-order valence-electron chi connectivity index (χ0n) is 19.5. The van der Waals surface area contributed by atoms with E-state index in [1.165, 1.54) is 6.07 Å². The first-order valence-electron chi connectivity index (χ1n) is 11.6. The van der Waals surface area contributed by atoms with Crippen LogP contribution in [0.3, 0.4) is 0 Å². The number of halogens is 1. The predicted octanol–water partition coefficient (Wildman–Crippen LogP) is 2.44. The number of para-hydroxylation sites is 1. The third kappa shape index (κ3) is 4.66. The Morgan fingerprint density at radius 1 is 0.971 bits per heavy atom. The quantitative estimate of drug-likeness (QED) is 0.575. The molecule has 0 spiro atoms. The highest BCUT2D eigenvalue weighted by Gasteiger charge is 2.23. The number of benzene rings is 1. The van der Waals surface area contributed by atoms with Gasteiger partial charge in [0.05, 0.1) is 11.2 Å². The first-order valence-corrected chi connectivity index (χ1v) is 11.6. The molecule has 0 aliphatic carbocycles. The number of fused-ring (bicyclic) bond motifs is 1. The van der Waals surface area contributed by atoms with Crippen LogP contribution in [0.2, 0.25) is 0 Å². The van der Waals surface area contributed by atoms with Crippen molar-refractivity contribution in [3.05, 3.63) is 52.7 Å². The molecule has 0 unspecified atom stereocenters. The second-order valence-electron chi connectivity index (χ2n) is 8.18. The van der Waals surface area contributed by atoms with Gasteiger partial charge in [-0.1, -0.05) is 12.1 Å². The average Bonchev–Trinajstić information content (AvgIpc) is 3.12. The Morgan fingerprint density at radius 2 is 1.68 bits per heavy atom. The summed E-state index contributed by atoms with van der Waals surface area (Å²) in [7, 11) is 0. The van der Waals surface area contributed by atoms with Gasteiger partial charge in [-0.3, -0.25) is 18.7 Å². The van der Waals surface area contributed by atoms with E-state index in [4.69, 9.17) is 0 Å². The van der Waals surface area contributed by atoms with Crippen molar-refractivity contribution in [2.45, 2.75) is 39.8 Å². The van der Waals surface area contributed by atoms with Crippen molar-refractivity contribution in [1.82, 2.24) is 19.0 Å². The van der Waals surface area contributed by atoms with Crippen molar-refractivity contribution in [1.29, 1.82) is 0 Å². The van der Waals surface area contributed by atoms with Crippen molar-refractivity contribution in [2.24, 2.45) is 0 Å². The van der Waals surface area contributed by atoms with Crippen molar-refractivity contribution < 1.29 is 14.0 Å². The predicted molar refractivity (Wildman–Crippen MR) is 128 cm³/mol. The summed E-state index contributed by atoms with van der Waals surface area (Å²) >= 11 is 0. The number of aromatic nitrogens is 3. The van der Waals surface area contributed by atoms with Gasteiger partial charge in [-0.25, -0.2) is 14.2 Å². The van der Waals surface area contributed by atoms with Gasteiger partial charge in [0, 0.05) is 52.1 Å². The highest BCUT2D eigenvalue weighted by atomic mass is 19.1. The van der Waals surface area contributed by atoms with Gasteiger partial charge in [0.1, 0.15) is 11.6 Å². The fourth-order valence-electron chi connectivity index (χ4n) is 4.34. The molecule has 1 saturated heterocycles. The molecule has 1 aromatic carbocycles. The van der Waals surface area contributed by atoms with Crippen LogP contribution in [-0.2, 0) is 22.7 Å². The Kier molecular flexibility index (Phi) is 6.95. The van der Waals surface area contributed by atoms with Crippen LogP contribution in [0.15, 0.2) is 41.2 Å². The van der Waals surface area contributed by atoms with Gasteiger partial charge in [0.15, 0.2) is 5.65 Å². The first-order chi connectivity index (χ1) is 16.4. The summed E-state index contributed by atoms with van der Waals surface area (Å²) in [5.41, 5.74) is 1.66. The van der Waals surface area contributed by atoms with Gasteiger partial charge < -0.3 is 15.1 Å². The van der Waals surface area contributed by atoms with Crippen LogP contribution in [0, 0.1) is 5.82 Å². The topological polar surface area (TPSA) is 92.5 Å². The third-order valence-corrected chi connectivity index (χ3v) is 6.15. The zero-order chi connectivity index (χ0) is 24.2. The lowest BCUT2D eigenvalue weighted by molar-refractivity contribution is -0.133. The molecule has 1 aliphatic heterocycles. The molecule has 0 saturated carbocycles. The Hall–Kier alpha value is -3.69. The van der Waals surface area contributed by atoms with Gasteiger partial charge in [-0.15, -0.1) is 0 Å². The van der Waals surface area contributed by atoms with Gasteiger partial charge in [-0.2, -0.15) is 0 Å². The molecular weight excluding hydrogens is 439 g/mol. The van der Waals surface area contributed by atoms with Crippen LogP contribution >= 0.6 is 0 Å². The monoisotopic (exact) mass is 468 g/mol. The molecular formula is C24H29FN6O3. The third-order valence-electron chi connectivity index (χ3n) is 6.15. The van der Waals surface area contributed by atoms with Crippen LogP contribution in [-0.4, -0.2) is 57.0 Å². The zero-order valence-corrected chi connectivity index (χ0v) is 19.5. The average molecular weight is 469 g/mol. The SMILES string of the molecule is CCn1c(=O)n(CC)c2nc(NC(=O)CCC(=O)N3CCN(c4ccccc4F)CC3)ccc21. The van der Waals surface area contributed by atoms with Crippen LogP contribution < -0.4 is 15.9 Å². The number of carbonyl (C=O) groups is 2. The molecule has 34 heavy (non-hydrogen) atoms. The van der Waals surface area contributed by atoms with E-state index in [0.29, 0.717) is 56.4 Å². The van der Waals surface area contributed by atoms with Gasteiger partial charge in [-0.05, 0) is 38.1 Å².